The van der Waals surface area contributed by atoms with Crippen LogP contribution in [0.3, 0.4) is 0 Å². The van der Waals surface area contributed by atoms with Gasteiger partial charge in [-0.15, -0.1) is 11.3 Å². The molecular weight excluding hydrogens is 232 g/mol. The number of thiazole rings is 1. The average molecular weight is 248 g/mol. The van der Waals surface area contributed by atoms with Crippen LogP contribution in [0.15, 0.2) is 23.7 Å². The summed E-state index contributed by atoms with van der Waals surface area (Å²) in [5.74, 6) is 1.79. The summed E-state index contributed by atoms with van der Waals surface area (Å²) < 4.78 is 0. The van der Waals surface area contributed by atoms with Gasteiger partial charge in [0, 0.05) is 11.4 Å². The lowest BCUT2D eigenvalue weighted by atomic mass is 10.4. The third-order valence-electron chi connectivity index (χ3n) is 2.38. The maximum absolute atomic E-state index is 4.45. The first-order chi connectivity index (χ1) is 8.29. The van der Waals surface area contributed by atoms with Crippen molar-refractivity contribution < 1.29 is 0 Å². The molecule has 2 N–H and O–H groups in total. The molecule has 17 heavy (non-hydrogen) atoms. The minimum absolute atomic E-state index is 0.777. The van der Waals surface area contributed by atoms with Gasteiger partial charge in [-0.05, 0) is 26.0 Å². The first-order valence-corrected chi connectivity index (χ1v) is 6.51. The number of aromatic nitrogens is 2. The normalized spacial score (nSPS) is 10.2. The van der Waals surface area contributed by atoms with Gasteiger partial charge < -0.3 is 10.6 Å². The lowest BCUT2D eigenvalue weighted by Gasteiger charge is -2.07. The van der Waals surface area contributed by atoms with E-state index < -0.39 is 0 Å². The molecule has 90 valence electrons. The molecule has 0 saturated heterocycles. The number of hydrogen-bond acceptors (Lipinski definition) is 5. The van der Waals surface area contributed by atoms with E-state index in [4.69, 9.17) is 0 Å². The highest BCUT2D eigenvalue weighted by Crippen LogP contribution is 2.15. The van der Waals surface area contributed by atoms with Crippen LogP contribution in [0.1, 0.15) is 17.5 Å². The predicted octanol–water partition coefficient (Wildman–Crippen LogP) is 2.89. The second kappa shape index (κ2) is 5.63. The maximum Gasteiger partial charge on any atom is 0.128 e. The summed E-state index contributed by atoms with van der Waals surface area (Å²) in [5, 5.41) is 6.50. The van der Waals surface area contributed by atoms with E-state index >= 15 is 0 Å². The van der Waals surface area contributed by atoms with Crippen LogP contribution >= 0.6 is 11.3 Å². The summed E-state index contributed by atoms with van der Waals surface area (Å²) >= 11 is 1.67. The lowest BCUT2D eigenvalue weighted by molar-refractivity contribution is 1.09. The molecule has 0 aliphatic carbocycles. The van der Waals surface area contributed by atoms with Crippen LogP contribution in [0.5, 0.6) is 0 Å². The van der Waals surface area contributed by atoms with Crippen LogP contribution < -0.4 is 10.6 Å². The Labute approximate surface area is 105 Å². The highest BCUT2D eigenvalue weighted by Gasteiger charge is 2.01. The van der Waals surface area contributed by atoms with Crippen molar-refractivity contribution >= 4 is 23.0 Å². The van der Waals surface area contributed by atoms with Crippen LogP contribution in [0.4, 0.5) is 11.6 Å². The monoisotopic (exact) mass is 248 g/mol. The van der Waals surface area contributed by atoms with E-state index in [2.05, 4.69) is 27.5 Å². The molecule has 0 aliphatic heterocycles. The largest absolute Gasteiger partial charge is 0.370 e. The van der Waals surface area contributed by atoms with E-state index in [-0.39, 0.29) is 0 Å². The summed E-state index contributed by atoms with van der Waals surface area (Å²) in [7, 11) is 0. The fraction of sp³-hybridized carbons (Fsp3) is 0.333. The van der Waals surface area contributed by atoms with Crippen molar-refractivity contribution in [3.8, 4) is 0 Å². The van der Waals surface area contributed by atoms with Gasteiger partial charge in [0.1, 0.15) is 11.6 Å². The molecule has 0 atom stereocenters. The third kappa shape index (κ3) is 3.17. The minimum atomic E-state index is 0.777. The van der Waals surface area contributed by atoms with E-state index in [0.717, 1.165) is 30.4 Å². The van der Waals surface area contributed by atoms with Crippen molar-refractivity contribution in [1.29, 1.82) is 0 Å². The molecule has 0 unspecified atom stereocenters. The lowest BCUT2D eigenvalue weighted by Crippen LogP contribution is -2.04. The van der Waals surface area contributed by atoms with Crippen LogP contribution in [0.25, 0.3) is 0 Å². The Bertz CT molecular complexity index is 481. The van der Waals surface area contributed by atoms with Gasteiger partial charge in [-0.3, -0.25) is 0 Å². The van der Waals surface area contributed by atoms with Gasteiger partial charge in [-0.2, -0.15) is 0 Å². The molecule has 2 aromatic heterocycles. The van der Waals surface area contributed by atoms with E-state index in [1.54, 1.807) is 11.3 Å². The van der Waals surface area contributed by atoms with Crippen molar-refractivity contribution in [2.24, 2.45) is 0 Å². The Morgan fingerprint density at radius 3 is 2.65 bits per heavy atom. The maximum atomic E-state index is 4.45. The molecule has 2 aromatic rings. The summed E-state index contributed by atoms with van der Waals surface area (Å²) in [4.78, 5) is 9.93. The van der Waals surface area contributed by atoms with Crippen molar-refractivity contribution in [2.45, 2.75) is 20.4 Å². The van der Waals surface area contributed by atoms with Crippen molar-refractivity contribution in [3.05, 3.63) is 34.3 Å². The molecular formula is C12H16N4S. The molecule has 0 spiro atoms. The fourth-order valence-corrected chi connectivity index (χ4v) is 2.20. The quantitative estimate of drug-likeness (QED) is 0.854. The summed E-state index contributed by atoms with van der Waals surface area (Å²) in [5.41, 5.74) is 2.96. The number of pyridine rings is 1. The van der Waals surface area contributed by atoms with Crippen LogP contribution in [0, 0.1) is 6.92 Å². The first kappa shape index (κ1) is 11.9. The average Bonchev–Trinajstić information content (AvgIpc) is 2.73. The molecule has 0 bridgehead atoms. The number of aryl methyl sites for hydroxylation is 1. The Morgan fingerprint density at radius 1 is 1.24 bits per heavy atom. The Morgan fingerprint density at radius 2 is 2.00 bits per heavy atom. The second-order valence-corrected chi connectivity index (χ2v) is 4.59. The van der Waals surface area contributed by atoms with Gasteiger partial charge in [0.15, 0.2) is 0 Å². The second-order valence-electron chi connectivity index (χ2n) is 3.65. The molecule has 0 aromatic carbocycles. The number of nitrogens with one attached hydrogen (secondary N) is 2. The Balaban J connectivity index is 1.99. The molecule has 0 aliphatic rings. The molecule has 0 amide bonds. The smallest absolute Gasteiger partial charge is 0.128 e. The summed E-state index contributed by atoms with van der Waals surface area (Å²) in [6.45, 7) is 5.74. The van der Waals surface area contributed by atoms with Crippen molar-refractivity contribution in [3.63, 3.8) is 0 Å². The number of nitrogens with zero attached hydrogens (tertiary/aromatic N) is 2. The van der Waals surface area contributed by atoms with Crippen molar-refractivity contribution in [1.82, 2.24) is 9.97 Å². The van der Waals surface area contributed by atoms with Gasteiger partial charge in [0.25, 0.3) is 0 Å². The molecule has 2 rings (SSSR count). The van der Waals surface area contributed by atoms with Gasteiger partial charge in [0.2, 0.25) is 0 Å². The Kier molecular flexibility index (Phi) is 3.93. The molecule has 0 saturated carbocycles. The zero-order chi connectivity index (χ0) is 12.1. The number of hydrogen-bond donors (Lipinski definition) is 2. The topological polar surface area (TPSA) is 49.8 Å². The number of anilines is 2. The molecule has 5 heteroatoms. The molecule has 0 fully saturated rings. The van der Waals surface area contributed by atoms with E-state index in [1.165, 1.54) is 4.88 Å². The van der Waals surface area contributed by atoms with Gasteiger partial charge in [0.05, 0.1) is 17.7 Å². The van der Waals surface area contributed by atoms with E-state index in [0.29, 0.717) is 0 Å². The van der Waals surface area contributed by atoms with Crippen LogP contribution in [-0.2, 0) is 6.54 Å². The third-order valence-corrected chi connectivity index (χ3v) is 3.32. The number of rotatable bonds is 5. The summed E-state index contributed by atoms with van der Waals surface area (Å²) in [6.07, 6.45) is 0. The van der Waals surface area contributed by atoms with Gasteiger partial charge in [-0.25, -0.2) is 9.97 Å². The molecule has 0 radical (unpaired) electrons. The Hall–Kier alpha value is -1.62. The standard InChI is InChI=1S/C12H16N4S/c1-3-13-11-5-4-6-12(16-11)14-7-10-9(2)15-8-17-10/h4-6,8H,3,7H2,1-2H3,(H2,13,14,16). The highest BCUT2D eigenvalue weighted by molar-refractivity contribution is 7.09. The summed E-state index contributed by atoms with van der Waals surface area (Å²) in [6, 6.07) is 5.93. The van der Waals surface area contributed by atoms with Crippen molar-refractivity contribution in [2.75, 3.05) is 17.2 Å². The molecule has 2 heterocycles. The van der Waals surface area contributed by atoms with E-state index in [1.807, 2.05) is 30.6 Å². The zero-order valence-electron chi connectivity index (χ0n) is 10.0. The van der Waals surface area contributed by atoms with Crippen LogP contribution in [-0.4, -0.2) is 16.5 Å². The van der Waals surface area contributed by atoms with Gasteiger partial charge in [-0.1, -0.05) is 6.07 Å². The first-order valence-electron chi connectivity index (χ1n) is 5.63. The van der Waals surface area contributed by atoms with Crippen LogP contribution in [0.2, 0.25) is 0 Å². The fourth-order valence-electron chi connectivity index (χ4n) is 1.48. The minimum Gasteiger partial charge on any atom is -0.370 e. The highest BCUT2D eigenvalue weighted by atomic mass is 32.1. The van der Waals surface area contributed by atoms with E-state index in [9.17, 15) is 0 Å². The zero-order valence-corrected chi connectivity index (χ0v) is 10.8. The molecule has 4 nitrogen and oxygen atoms in total. The predicted molar refractivity (Wildman–Crippen MR) is 72.6 cm³/mol. The van der Waals surface area contributed by atoms with Gasteiger partial charge >= 0.3 is 0 Å². The SMILES string of the molecule is CCNc1cccc(NCc2scnc2C)n1.